The number of allylic oxidation sites excluding steroid dienone is 1. The fourth-order valence-corrected chi connectivity index (χ4v) is 3.83. The van der Waals surface area contributed by atoms with E-state index in [1.54, 1.807) is 41.8 Å². The van der Waals surface area contributed by atoms with Gasteiger partial charge in [0.2, 0.25) is 11.7 Å². The molecule has 136 valence electrons. The summed E-state index contributed by atoms with van der Waals surface area (Å²) in [5.41, 5.74) is 0.746. The van der Waals surface area contributed by atoms with Crippen LogP contribution in [0, 0.1) is 0 Å². The lowest BCUT2D eigenvalue weighted by atomic mass is 9.91. The summed E-state index contributed by atoms with van der Waals surface area (Å²) in [6, 6.07) is 9.70. The molecule has 1 aromatic carbocycles. The van der Waals surface area contributed by atoms with Crippen molar-refractivity contribution in [3.05, 3.63) is 68.5 Å². The summed E-state index contributed by atoms with van der Waals surface area (Å²) >= 11 is 7.67. The number of aromatic nitrogens is 4. The quantitative estimate of drug-likeness (QED) is 0.530. The Hall–Kier alpha value is -3.04. The molecule has 1 aliphatic heterocycles. The number of hydrogen-bond acceptors (Lipinski definition) is 8. The fraction of sp³-hybridized carbons (Fsp3) is 0.118. The normalized spacial score (nSPS) is 15.9. The molecule has 27 heavy (non-hydrogen) atoms. The first-order valence-electron chi connectivity index (χ1n) is 7.81. The van der Waals surface area contributed by atoms with E-state index in [1.807, 2.05) is 0 Å². The van der Waals surface area contributed by atoms with Crippen LogP contribution >= 0.6 is 22.9 Å². The summed E-state index contributed by atoms with van der Waals surface area (Å²) in [7, 11) is 1.24. The third-order valence-electron chi connectivity index (χ3n) is 4.10. The molecule has 0 fully saturated rings. The van der Waals surface area contributed by atoms with Gasteiger partial charge in [0, 0.05) is 10.6 Å². The number of carbonyl (C=O) groups is 2. The van der Waals surface area contributed by atoms with E-state index in [1.165, 1.54) is 23.1 Å². The molecule has 0 amide bonds. The lowest BCUT2D eigenvalue weighted by Gasteiger charge is -2.28. The molecule has 0 bridgehead atoms. The van der Waals surface area contributed by atoms with Crippen molar-refractivity contribution in [2.24, 2.45) is 0 Å². The Labute approximate surface area is 162 Å². The van der Waals surface area contributed by atoms with Crippen LogP contribution in [0.2, 0.25) is 5.02 Å². The maximum atomic E-state index is 13.3. The van der Waals surface area contributed by atoms with Gasteiger partial charge in [0.15, 0.2) is 0 Å². The van der Waals surface area contributed by atoms with Crippen LogP contribution in [-0.2, 0) is 9.53 Å². The van der Waals surface area contributed by atoms with Crippen molar-refractivity contribution in [3.8, 4) is 0 Å². The van der Waals surface area contributed by atoms with Gasteiger partial charge in [0.25, 0.3) is 0 Å². The number of carbonyl (C=O) groups excluding carboxylic acids is 2. The molecule has 8 nitrogen and oxygen atoms in total. The van der Waals surface area contributed by atoms with Crippen molar-refractivity contribution in [1.82, 2.24) is 20.2 Å². The number of benzene rings is 1. The van der Waals surface area contributed by atoms with Gasteiger partial charge >= 0.3 is 5.97 Å². The van der Waals surface area contributed by atoms with Gasteiger partial charge in [-0.1, -0.05) is 41.0 Å². The number of nitrogens with zero attached hydrogens (tertiary/aromatic N) is 4. The maximum absolute atomic E-state index is 13.3. The fourth-order valence-electron chi connectivity index (χ4n) is 2.91. The van der Waals surface area contributed by atoms with Gasteiger partial charge in [-0.15, -0.1) is 11.3 Å². The molecule has 0 aliphatic carbocycles. The molecule has 0 saturated heterocycles. The Morgan fingerprint density at radius 3 is 2.78 bits per heavy atom. The molecule has 0 unspecified atom stereocenters. The van der Waals surface area contributed by atoms with Gasteiger partial charge in [-0.2, -0.15) is 4.68 Å². The number of esters is 1. The van der Waals surface area contributed by atoms with Gasteiger partial charge in [0.1, 0.15) is 11.7 Å². The molecule has 4 rings (SSSR count). The number of ether oxygens (including phenoxy) is 1. The molecule has 0 spiro atoms. The van der Waals surface area contributed by atoms with Gasteiger partial charge in [-0.25, -0.2) is 4.79 Å². The highest BCUT2D eigenvalue weighted by Gasteiger charge is 2.39. The number of tetrazole rings is 1. The monoisotopic (exact) mass is 401 g/mol. The van der Waals surface area contributed by atoms with E-state index in [4.69, 9.17) is 16.3 Å². The summed E-state index contributed by atoms with van der Waals surface area (Å²) in [4.78, 5) is 26.2. The highest BCUT2D eigenvalue weighted by Crippen LogP contribution is 2.39. The lowest BCUT2D eigenvalue weighted by Crippen LogP contribution is -2.32. The van der Waals surface area contributed by atoms with E-state index in [-0.39, 0.29) is 23.0 Å². The van der Waals surface area contributed by atoms with Gasteiger partial charge in [0.05, 0.1) is 17.6 Å². The molecule has 3 heterocycles. The second-order valence-electron chi connectivity index (χ2n) is 5.58. The third kappa shape index (κ3) is 2.90. The van der Waals surface area contributed by atoms with E-state index in [9.17, 15) is 9.59 Å². The topological polar surface area (TPSA) is 99.0 Å². The Morgan fingerprint density at radius 2 is 2.07 bits per heavy atom. The second-order valence-corrected chi connectivity index (χ2v) is 6.94. The van der Waals surface area contributed by atoms with E-state index in [0.717, 1.165) is 0 Å². The summed E-state index contributed by atoms with van der Waals surface area (Å²) in [6.45, 7) is 0. The van der Waals surface area contributed by atoms with Crippen LogP contribution in [0.25, 0.3) is 0 Å². The Balaban J connectivity index is 1.99. The Kier molecular flexibility index (Phi) is 4.46. The van der Waals surface area contributed by atoms with Crippen LogP contribution in [0.4, 0.5) is 5.95 Å². The van der Waals surface area contributed by atoms with Crippen molar-refractivity contribution in [2.75, 3.05) is 12.4 Å². The standard InChI is InChI=1S/C17H12ClN5O3S/c1-26-16(25)13-12(15(24)11-7-4-8-27-11)14(9-5-2-3-6-10(9)18)23-17(19-13)20-21-22-23/h2-8,14H,1H3,(H,19,20,22)/t14-/m1/s1. The average molecular weight is 402 g/mol. The number of methoxy groups -OCH3 is 1. The molecule has 3 aromatic rings. The van der Waals surface area contributed by atoms with Crippen molar-refractivity contribution >= 4 is 40.6 Å². The lowest BCUT2D eigenvalue weighted by molar-refractivity contribution is -0.136. The number of ketones is 1. The van der Waals surface area contributed by atoms with E-state index in [2.05, 4.69) is 20.8 Å². The van der Waals surface area contributed by atoms with Crippen LogP contribution in [0.15, 0.2) is 53.0 Å². The van der Waals surface area contributed by atoms with Crippen molar-refractivity contribution in [2.45, 2.75) is 6.04 Å². The summed E-state index contributed by atoms with van der Waals surface area (Å²) in [6.07, 6.45) is 0. The van der Waals surface area contributed by atoms with Gasteiger partial charge < -0.3 is 10.1 Å². The number of fused-ring (bicyclic) bond motifs is 1. The number of thiophene rings is 1. The first kappa shape index (κ1) is 17.4. The molecule has 1 atom stereocenters. The van der Waals surface area contributed by atoms with E-state index >= 15 is 0 Å². The minimum absolute atomic E-state index is 0.0110. The van der Waals surface area contributed by atoms with Gasteiger partial charge in [-0.05, 0) is 27.9 Å². The van der Waals surface area contributed by atoms with Crippen LogP contribution in [0.3, 0.4) is 0 Å². The van der Waals surface area contributed by atoms with Crippen LogP contribution < -0.4 is 5.32 Å². The second kappa shape index (κ2) is 6.93. The molecular formula is C17H12ClN5O3S. The number of nitrogens with one attached hydrogen (secondary N) is 1. The Morgan fingerprint density at radius 1 is 1.26 bits per heavy atom. The van der Waals surface area contributed by atoms with Crippen molar-refractivity contribution in [3.63, 3.8) is 0 Å². The molecular weight excluding hydrogens is 390 g/mol. The number of halogens is 1. The third-order valence-corrected chi connectivity index (χ3v) is 5.31. The molecule has 2 aromatic heterocycles. The maximum Gasteiger partial charge on any atom is 0.355 e. The molecule has 0 saturated carbocycles. The van der Waals surface area contributed by atoms with Crippen molar-refractivity contribution in [1.29, 1.82) is 0 Å². The predicted molar refractivity (Wildman–Crippen MR) is 98.7 cm³/mol. The molecule has 10 heteroatoms. The Bertz CT molecular complexity index is 1060. The number of rotatable bonds is 4. The van der Waals surface area contributed by atoms with E-state index in [0.29, 0.717) is 15.5 Å². The number of hydrogen-bond donors (Lipinski definition) is 1. The summed E-state index contributed by atoms with van der Waals surface area (Å²) in [5.74, 6) is -0.812. The minimum Gasteiger partial charge on any atom is -0.464 e. The molecule has 1 aliphatic rings. The van der Waals surface area contributed by atoms with Crippen LogP contribution in [0.5, 0.6) is 0 Å². The molecule has 1 N–H and O–H groups in total. The average Bonchev–Trinajstić information content (AvgIpc) is 3.37. The first-order chi connectivity index (χ1) is 13.1. The zero-order valence-electron chi connectivity index (χ0n) is 13.9. The van der Waals surface area contributed by atoms with Crippen LogP contribution in [0.1, 0.15) is 21.3 Å². The van der Waals surface area contributed by atoms with E-state index < -0.39 is 12.0 Å². The first-order valence-corrected chi connectivity index (χ1v) is 9.07. The number of anilines is 1. The molecule has 0 radical (unpaired) electrons. The van der Waals surface area contributed by atoms with Crippen LogP contribution in [-0.4, -0.2) is 39.1 Å². The summed E-state index contributed by atoms with van der Waals surface area (Å²) < 4.78 is 6.30. The minimum atomic E-state index is -0.784. The predicted octanol–water partition coefficient (Wildman–Crippen LogP) is 2.71. The highest BCUT2D eigenvalue weighted by atomic mass is 35.5. The largest absolute Gasteiger partial charge is 0.464 e. The zero-order valence-corrected chi connectivity index (χ0v) is 15.5. The highest BCUT2D eigenvalue weighted by molar-refractivity contribution is 7.12. The van der Waals surface area contributed by atoms with Gasteiger partial charge in [-0.3, -0.25) is 4.79 Å². The number of Topliss-reactive ketones (excluding diaryl/α,β-unsaturated/α-hetero) is 1. The van der Waals surface area contributed by atoms with Crippen molar-refractivity contribution < 1.29 is 14.3 Å². The SMILES string of the molecule is COC(=O)C1=C(C(=O)c2cccs2)[C@@H](c2ccccc2Cl)n2nnnc2N1. The zero-order chi connectivity index (χ0) is 19.0. The summed E-state index contributed by atoms with van der Waals surface area (Å²) in [5, 5.41) is 16.5. The smallest absolute Gasteiger partial charge is 0.355 e.